The van der Waals surface area contributed by atoms with Gasteiger partial charge in [0.2, 0.25) is 0 Å². The van der Waals surface area contributed by atoms with Crippen LogP contribution in [-0.4, -0.2) is 17.9 Å². The first-order valence-electron chi connectivity index (χ1n) is 9.67. The number of ether oxygens (including phenoxy) is 1. The van der Waals surface area contributed by atoms with Gasteiger partial charge in [-0.2, -0.15) is 0 Å². The summed E-state index contributed by atoms with van der Waals surface area (Å²) < 4.78 is 5.26. The van der Waals surface area contributed by atoms with Crippen LogP contribution in [0.2, 0.25) is 0 Å². The highest BCUT2D eigenvalue weighted by Crippen LogP contribution is 2.42. The average Bonchev–Trinajstić information content (AvgIpc) is 2.56. The standard InChI is InChI=1S/C23H32O3/c1-17(2)7-5-8-18(3)9-6-10-19(4)13-14-23-15-20(11-12-21(23)24)26-22(25)16-23/h7,9,11-13,20H,5-6,8,10,14-16H2,1-4H3. The van der Waals surface area contributed by atoms with Gasteiger partial charge in [0.25, 0.3) is 0 Å². The third-order valence-corrected chi connectivity index (χ3v) is 5.31. The first-order valence-corrected chi connectivity index (χ1v) is 9.67. The van der Waals surface area contributed by atoms with Crippen LogP contribution in [0.15, 0.2) is 47.1 Å². The summed E-state index contributed by atoms with van der Waals surface area (Å²) in [6.45, 7) is 8.57. The molecule has 2 atom stereocenters. The molecule has 1 saturated heterocycles. The van der Waals surface area contributed by atoms with E-state index in [9.17, 15) is 9.59 Å². The Balaban J connectivity index is 1.86. The second kappa shape index (κ2) is 9.16. The van der Waals surface area contributed by atoms with Crippen LogP contribution in [0.25, 0.3) is 0 Å². The maximum absolute atomic E-state index is 12.4. The van der Waals surface area contributed by atoms with Gasteiger partial charge in [-0.05, 0) is 72.0 Å². The molecule has 0 aromatic carbocycles. The van der Waals surface area contributed by atoms with Crippen molar-refractivity contribution in [2.75, 3.05) is 0 Å². The lowest BCUT2D eigenvalue weighted by Crippen LogP contribution is -2.44. The van der Waals surface area contributed by atoms with Crippen LogP contribution in [0.1, 0.15) is 72.6 Å². The number of hydrogen-bond acceptors (Lipinski definition) is 3. The van der Waals surface area contributed by atoms with Crippen molar-refractivity contribution in [3.8, 4) is 0 Å². The van der Waals surface area contributed by atoms with Crippen molar-refractivity contribution < 1.29 is 14.3 Å². The van der Waals surface area contributed by atoms with Crippen LogP contribution in [-0.2, 0) is 14.3 Å². The lowest BCUT2D eigenvalue weighted by molar-refractivity contribution is -0.163. The van der Waals surface area contributed by atoms with Crippen molar-refractivity contribution in [3.63, 3.8) is 0 Å². The maximum atomic E-state index is 12.4. The molecule has 3 heteroatoms. The fourth-order valence-corrected chi connectivity index (χ4v) is 3.62. The van der Waals surface area contributed by atoms with Crippen LogP contribution in [0.4, 0.5) is 0 Å². The quantitative estimate of drug-likeness (QED) is 0.418. The van der Waals surface area contributed by atoms with E-state index in [1.165, 1.54) is 16.7 Å². The van der Waals surface area contributed by atoms with E-state index in [-0.39, 0.29) is 24.3 Å². The maximum Gasteiger partial charge on any atom is 0.307 e. The molecule has 2 aliphatic rings. The van der Waals surface area contributed by atoms with Crippen molar-refractivity contribution in [1.29, 1.82) is 0 Å². The molecule has 0 radical (unpaired) electrons. The normalized spacial score (nSPS) is 25.9. The molecule has 0 aromatic heterocycles. The third kappa shape index (κ3) is 5.82. The number of allylic oxidation sites excluding steroid dienone is 7. The molecule has 1 aliphatic carbocycles. The van der Waals surface area contributed by atoms with E-state index in [1.807, 2.05) is 0 Å². The monoisotopic (exact) mass is 356 g/mol. The zero-order chi connectivity index (χ0) is 19.2. The van der Waals surface area contributed by atoms with Gasteiger partial charge in [-0.25, -0.2) is 0 Å². The van der Waals surface area contributed by atoms with Gasteiger partial charge >= 0.3 is 5.97 Å². The Bertz CT molecular complexity index is 659. The molecule has 2 rings (SSSR count). The van der Waals surface area contributed by atoms with E-state index >= 15 is 0 Å². The highest BCUT2D eigenvalue weighted by atomic mass is 16.5. The van der Waals surface area contributed by atoms with Crippen LogP contribution in [0, 0.1) is 5.41 Å². The minimum absolute atomic E-state index is 0.0736. The zero-order valence-electron chi connectivity index (χ0n) is 16.6. The van der Waals surface area contributed by atoms with Gasteiger partial charge in [-0.3, -0.25) is 9.59 Å². The molecule has 26 heavy (non-hydrogen) atoms. The number of fused-ring (bicyclic) bond motifs is 2. The van der Waals surface area contributed by atoms with Crippen molar-refractivity contribution >= 4 is 11.8 Å². The largest absolute Gasteiger partial charge is 0.458 e. The van der Waals surface area contributed by atoms with Crippen LogP contribution < -0.4 is 0 Å². The number of hydrogen-bond donors (Lipinski definition) is 0. The molecule has 0 aromatic rings. The predicted octanol–water partition coefficient (Wildman–Crippen LogP) is 5.63. The van der Waals surface area contributed by atoms with Gasteiger partial charge < -0.3 is 4.74 Å². The van der Waals surface area contributed by atoms with Gasteiger partial charge in [-0.15, -0.1) is 0 Å². The van der Waals surface area contributed by atoms with Gasteiger partial charge in [0.05, 0.1) is 11.8 Å². The topological polar surface area (TPSA) is 43.4 Å². The average molecular weight is 357 g/mol. The minimum atomic E-state index is -0.577. The molecule has 0 N–H and O–H groups in total. The van der Waals surface area contributed by atoms with Crippen molar-refractivity contribution in [2.45, 2.75) is 78.7 Å². The molecule has 1 aliphatic heterocycles. The van der Waals surface area contributed by atoms with Crippen LogP contribution in [0.5, 0.6) is 0 Å². The highest BCUT2D eigenvalue weighted by molar-refractivity contribution is 5.99. The molecular weight excluding hydrogens is 324 g/mol. The van der Waals surface area contributed by atoms with E-state index < -0.39 is 5.41 Å². The molecule has 0 saturated carbocycles. The predicted molar refractivity (Wildman–Crippen MR) is 106 cm³/mol. The Morgan fingerprint density at radius 3 is 2.42 bits per heavy atom. The molecule has 2 unspecified atom stereocenters. The van der Waals surface area contributed by atoms with Gasteiger partial charge in [0.15, 0.2) is 5.78 Å². The second-order valence-electron chi connectivity index (χ2n) is 8.08. The fourth-order valence-electron chi connectivity index (χ4n) is 3.62. The van der Waals surface area contributed by atoms with Gasteiger partial charge in [0, 0.05) is 6.42 Å². The van der Waals surface area contributed by atoms with Crippen molar-refractivity contribution in [1.82, 2.24) is 0 Å². The highest BCUT2D eigenvalue weighted by Gasteiger charge is 2.46. The number of esters is 1. The summed E-state index contributed by atoms with van der Waals surface area (Å²) in [6, 6.07) is 0. The van der Waals surface area contributed by atoms with Crippen molar-refractivity contribution in [2.24, 2.45) is 5.41 Å². The number of rotatable bonds is 8. The third-order valence-electron chi connectivity index (χ3n) is 5.31. The summed E-state index contributed by atoms with van der Waals surface area (Å²) in [5, 5.41) is 0. The fraction of sp³-hybridized carbons (Fsp3) is 0.565. The summed E-state index contributed by atoms with van der Waals surface area (Å²) in [5.41, 5.74) is 3.51. The summed E-state index contributed by atoms with van der Waals surface area (Å²) in [7, 11) is 0. The summed E-state index contributed by atoms with van der Waals surface area (Å²) in [4.78, 5) is 24.2. The second-order valence-corrected chi connectivity index (χ2v) is 8.08. The molecule has 0 amide bonds. The molecule has 142 valence electrons. The lowest BCUT2D eigenvalue weighted by atomic mass is 9.68. The summed E-state index contributed by atoms with van der Waals surface area (Å²) in [6.07, 6.45) is 15.5. The smallest absolute Gasteiger partial charge is 0.307 e. The number of carbonyl (C=O) groups excluding carboxylic acids is 2. The number of ketones is 1. The Kier molecular flexibility index (Phi) is 7.19. The Hall–Kier alpha value is -1.90. The SMILES string of the molecule is CC(C)=CCCC(C)=CCCC(C)=CCC12CC(=O)OC(C=CC1=O)C2. The summed E-state index contributed by atoms with van der Waals surface area (Å²) >= 11 is 0. The molecule has 1 heterocycles. The van der Waals surface area contributed by atoms with Crippen LogP contribution >= 0.6 is 0 Å². The van der Waals surface area contributed by atoms with Crippen LogP contribution in [0.3, 0.4) is 0 Å². The summed E-state index contributed by atoms with van der Waals surface area (Å²) in [5.74, 6) is -0.176. The van der Waals surface area contributed by atoms with E-state index in [0.29, 0.717) is 12.8 Å². The Morgan fingerprint density at radius 1 is 1.08 bits per heavy atom. The first-order chi connectivity index (χ1) is 12.3. The Labute approximate surface area is 157 Å². The zero-order valence-corrected chi connectivity index (χ0v) is 16.6. The number of carbonyl (C=O) groups is 2. The van der Waals surface area contributed by atoms with Crippen molar-refractivity contribution in [3.05, 3.63) is 47.1 Å². The minimum Gasteiger partial charge on any atom is -0.458 e. The van der Waals surface area contributed by atoms with E-state index in [1.54, 1.807) is 12.2 Å². The van der Waals surface area contributed by atoms with E-state index in [2.05, 4.69) is 45.9 Å². The molecule has 0 spiro atoms. The molecule has 3 nitrogen and oxygen atoms in total. The Morgan fingerprint density at radius 2 is 1.73 bits per heavy atom. The van der Waals surface area contributed by atoms with E-state index in [4.69, 9.17) is 4.74 Å². The molecule has 2 bridgehead atoms. The van der Waals surface area contributed by atoms with Gasteiger partial charge in [-0.1, -0.05) is 34.9 Å². The molecule has 1 fully saturated rings. The molecular formula is C23H32O3. The van der Waals surface area contributed by atoms with Gasteiger partial charge in [0.1, 0.15) is 6.10 Å². The lowest BCUT2D eigenvalue weighted by Gasteiger charge is -2.39. The first kappa shape index (κ1) is 20.4. The van der Waals surface area contributed by atoms with E-state index in [0.717, 1.165) is 25.7 Å².